The Bertz CT molecular complexity index is 767. The maximum Gasteiger partial charge on any atom is 0.232 e. The number of aryl methyl sites for hydroxylation is 1. The summed E-state index contributed by atoms with van der Waals surface area (Å²) in [7, 11) is 1.80. The van der Waals surface area contributed by atoms with E-state index in [1.165, 1.54) is 5.56 Å². The van der Waals surface area contributed by atoms with Crippen molar-refractivity contribution in [2.45, 2.75) is 13.8 Å². The van der Waals surface area contributed by atoms with Crippen molar-refractivity contribution in [1.82, 2.24) is 9.97 Å². The third kappa shape index (κ3) is 2.20. The van der Waals surface area contributed by atoms with Crippen molar-refractivity contribution in [2.24, 2.45) is 0 Å². The van der Waals surface area contributed by atoms with Crippen LogP contribution < -0.4 is 10.1 Å². The second-order valence-electron chi connectivity index (χ2n) is 4.54. The van der Waals surface area contributed by atoms with E-state index in [-0.39, 0.29) is 0 Å². The minimum Gasteiger partial charge on any atom is -0.438 e. The second-order valence-corrected chi connectivity index (χ2v) is 5.44. The van der Waals surface area contributed by atoms with Crippen molar-refractivity contribution in [3.05, 3.63) is 40.8 Å². The number of aromatic nitrogens is 2. The average Bonchev–Trinajstić information content (AvgIpc) is 2.92. The van der Waals surface area contributed by atoms with Crippen LogP contribution >= 0.6 is 11.3 Å². The van der Waals surface area contributed by atoms with Gasteiger partial charge in [-0.25, -0.2) is 4.98 Å². The van der Waals surface area contributed by atoms with E-state index in [9.17, 15) is 0 Å². The van der Waals surface area contributed by atoms with Gasteiger partial charge in [0, 0.05) is 7.05 Å². The Morgan fingerprint density at radius 1 is 1.15 bits per heavy atom. The number of thiophene rings is 1. The van der Waals surface area contributed by atoms with Gasteiger partial charge in [0.1, 0.15) is 10.6 Å². The zero-order valence-electron chi connectivity index (χ0n) is 11.6. The summed E-state index contributed by atoms with van der Waals surface area (Å²) < 4.78 is 6.02. The lowest BCUT2D eigenvalue weighted by Crippen LogP contribution is -1.99. The van der Waals surface area contributed by atoms with E-state index < -0.39 is 0 Å². The molecule has 0 aliphatic carbocycles. The number of hydrogen-bond donors (Lipinski definition) is 1. The number of rotatable bonds is 3. The molecule has 0 unspecified atom stereocenters. The Labute approximate surface area is 121 Å². The van der Waals surface area contributed by atoms with Gasteiger partial charge in [-0.1, -0.05) is 12.1 Å². The standard InChI is InChI=1S/C15H15N3OS/c1-9-5-4-6-12(10(9)2)19-13-11-7-8-20-14(11)18-15(16-3)17-13/h4-8H,1-3H3,(H,16,17,18). The second kappa shape index (κ2) is 5.09. The van der Waals surface area contributed by atoms with Crippen molar-refractivity contribution < 1.29 is 4.74 Å². The smallest absolute Gasteiger partial charge is 0.232 e. The third-order valence-corrected chi connectivity index (χ3v) is 4.08. The normalized spacial score (nSPS) is 10.8. The number of hydrogen-bond acceptors (Lipinski definition) is 5. The molecule has 0 aliphatic heterocycles. The van der Waals surface area contributed by atoms with Crippen LogP contribution in [0.2, 0.25) is 0 Å². The van der Waals surface area contributed by atoms with E-state index in [4.69, 9.17) is 4.74 Å². The fourth-order valence-electron chi connectivity index (χ4n) is 1.96. The molecule has 0 radical (unpaired) electrons. The fraction of sp³-hybridized carbons (Fsp3) is 0.200. The summed E-state index contributed by atoms with van der Waals surface area (Å²) in [5.41, 5.74) is 2.33. The van der Waals surface area contributed by atoms with Crippen molar-refractivity contribution in [1.29, 1.82) is 0 Å². The monoisotopic (exact) mass is 285 g/mol. The number of benzene rings is 1. The van der Waals surface area contributed by atoms with Gasteiger partial charge in [-0.15, -0.1) is 11.3 Å². The van der Waals surface area contributed by atoms with Crippen LogP contribution in [0.25, 0.3) is 10.2 Å². The van der Waals surface area contributed by atoms with Crippen molar-refractivity contribution in [2.75, 3.05) is 12.4 Å². The van der Waals surface area contributed by atoms with Gasteiger partial charge in [-0.2, -0.15) is 4.98 Å². The van der Waals surface area contributed by atoms with Crippen LogP contribution in [0.3, 0.4) is 0 Å². The Hall–Kier alpha value is -2.14. The molecule has 3 aromatic rings. The van der Waals surface area contributed by atoms with E-state index >= 15 is 0 Å². The fourth-order valence-corrected chi connectivity index (χ4v) is 2.71. The highest BCUT2D eigenvalue weighted by atomic mass is 32.1. The number of ether oxygens (including phenoxy) is 1. The molecule has 1 N–H and O–H groups in total. The number of fused-ring (bicyclic) bond motifs is 1. The summed E-state index contributed by atoms with van der Waals surface area (Å²) in [4.78, 5) is 9.75. The first-order chi connectivity index (χ1) is 9.69. The first-order valence-corrected chi connectivity index (χ1v) is 7.24. The SMILES string of the molecule is CNc1nc(Oc2cccc(C)c2C)c2ccsc2n1. The Morgan fingerprint density at radius 2 is 2.00 bits per heavy atom. The lowest BCUT2D eigenvalue weighted by Gasteiger charge is -2.11. The molecule has 0 saturated heterocycles. The Balaban J connectivity index is 2.10. The van der Waals surface area contributed by atoms with Gasteiger partial charge in [0.25, 0.3) is 0 Å². The van der Waals surface area contributed by atoms with E-state index in [1.54, 1.807) is 18.4 Å². The maximum atomic E-state index is 6.02. The van der Waals surface area contributed by atoms with E-state index in [0.29, 0.717) is 11.8 Å². The molecule has 0 saturated carbocycles. The zero-order chi connectivity index (χ0) is 14.1. The number of nitrogens with zero attached hydrogens (tertiary/aromatic N) is 2. The van der Waals surface area contributed by atoms with Crippen LogP contribution in [0.15, 0.2) is 29.6 Å². The molecule has 0 fully saturated rings. The quantitative estimate of drug-likeness (QED) is 0.785. The summed E-state index contributed by atoms with van der Waals surface area (Å²) in [6, 6.07) is 8.01. The molecule has 1 aromatic carbocycles. The van der Waals surface area contributed by atoms with Gasteiger partial charge in [0.15, 0.2) is 0 Å². The largest absolute Gasteiger partial charge is 0.438 e. The van der Waals surface area contributed by atoms with Crippen LogP contribution in [-0.2, 0) is 0 Å². The summed E-state index contributed by atoms with van der Waals surface area (Å²) in [6.07, 6.45) is 0. The molecule has 2 heterocycles. The van der Waals surface area contributed by atoms with Gasteiger partial charge in [0.2, 0.25) is 11.8 Å². The highest BCUT2D eigenvalue weighted by Gasteiger charge is 2.12. The molecule has 5 heteroatoms. The number of anilines is 1. The molecule has 102 valence electrons. The maximum absolute atomic E-state index is 6.02. The molecular weight excluding hydrogens is 270 g/mol. The lowest BCUT2D eigenvalue weighted by molar-refractivity contribution is 0.465. The van der Waals surface area contributed by atoms with Crippen LogP contribution in [-0.4, -0.2) is 17.0 Å². The van der Waals surface area contributed by atoms with E-state index in [0.717, 1.165) is 21.5 Å². The van der Waals surface area contributed by atoms with Gasteiger partial charge < -0.3 is 10.1 Å². The molecule has 4 nitrogen and oxygen atoms in total. The molecule has 0 atom stereocenters. The Morgan fingerprint density at radius 3 is 2.80 bits per heavy atom. The van der Waals surface area contributed by atoms with Crippen LogP contribution in [0.1, 0.15) is 11.1 Å². The molecule has 0 aliphatic rings. The number of nitrogens with one attached hydrogen (secondary N) is 1. The summed E-state index contributed by atoms with van der Waals surface area (Å²) in [5.74, 6) is 1.99. The molecule has 0 bridgehead atoms. The first-order valence-electron chi connectivity index (χ1n) is 6.36. The molecule has 2 aromatic heterocycles. The molecular formula is C15H15N3OS. The summed E-state index contributed by atoms with van der Waals surface area (Å²) in [5, 5.41) is 5.90. The van der Waals surface area contributed by atoms with Crippen molar-refractivity contribution in [3.63, 3.8) is 0 Å². The minimum absolute atomic E-state index is 0.570. The highest BCUT2D eigenvalue weighted by molar-refractivity contribution is 7.16. The van der Waals surface area contributed by atoms with Gasteiger partial charge in [0.05, 0.1) is 5.39 Å². The predicted octanol–water partition coefficient (Wildman–Crippen LogP) is 4.14. The van der Waals surface area contributed by atoms with Gasteiger partial charge in [-0.05, 0) is 42.5 Å². The zero-order valence-corrected chi connectivity index (χ0v) is 12.4. The Kier molecular flexibility index (Phi) is 3.28. The molecule has 0 amide bonds. The van der Waals surface area contributed by atoms with Crippen LogP contribution in [0, 0.1) is 13.8 Å². The van der Waals surface area contributed by atoms with E-state index in [1.807, 2.05) is 23.6 Å². The summed E-state index contributed by atoms with van der Waals surface area (Å²) >= 11 is 1.58. The molecule has 3 rings (SSSR count). The molecule has 20 heavy (non-hydrogen) atoms. The van der Waals surface area contributed by atoms with E-state index in [2.05, 4.69) is 35.2 Å². The lowest BCUT2D eigenvalue weighted by atomic mass is 10.1. The summed E-state index contributed by atoms with van der Waals surface area (Å²) in [6.45, 7) is 4.12. The predicted molar refractivity (Wildman–Crippen MR) is 83.0 cm³/mol. The van der Waals surface area contributed by atoms with Gasteiger partial charge >= 0.3 is 0 Å². The first kappa shape index (κ1) is 12.9. The van der Waals surface area contributed by atoms with Crippen LogP contribution in [0.4, 0.5) is 5.95 Å². The van der Waals surface area contributed by atoms with Gasteiger partial charge in [-0.3, -0.25) is 0 Å². The van der Waals surface area contributed by atoms with Crippen molar-refractivity contribution >= 4 is 27.5 Å². The minimum atomic E-state index is 0.570. The third-order valence-electron chi connectivity index (χ3n) is 3.28. The van der Waals surface area contributed by atoms with Crippen molar-refractivity contribution in [3.8, 4) is 11.6 Å². The average molecular weight is 285 g/mol. The topological polar surface area (TPSA) is 47.0 Å². The van der Waals surface area contributed by atoms with Crippen LogP contribution in [0.5, 0.6) is 11.6 Å². The molecule has 0 spiro atoms. The highest BCUT2D eigenvalue weighted by Crippen LogP contribution is 2.33.